The first-order chi connectivity index (χ1) is 9.40. The molecule has 2 rings (SSSR count). The van der Waals surface area contributed by atoms with Gasteiger partial charge in [0, 0.05) is 0 Å². The topological polar surface area (TPSA) is 73.3 Å². The summed E-state index contributed by atoms with van der Waals surface area (Å²) in [5.74, 6) is 0.403. The van der Waals surface area contributed by atoms with Crippen molar-refractivity contribution in [3.05, 3.63) is 51.0 Å². The van der Waals surface area contributed by atoms with Crippen LogP contribution in [0.4, 0.5) is 11.5 Å². The van der Waals surface area contributed by atoms with Crippen molar-refractivity contribution in [2.24, 2.45) is 12.0 Å². The van der Waals surface area contributed by atoms with Crippen LogP contribution in [0.5, 0.6) is 0 Å². The fourth-order valence-corrected chi connectivity index (χ4v) is 2.20. The van der Waals surface area contributed by atoms with Gasteiger partial charge in [-0.3, -0.25) is 4.99 Å². The third kappa shape index (κ3) is 2.59. The average Bonchev–Trinajstić information content (AvgIpc) is 2.69. The number of rotatable bonds is 3. The SMILES string of the molecule is Cc1cc(C)c(N=Cc2ncc([N+](=O)[O-])n2C)c(C)c1. The molecule has 0 radical (unpaired) electrons. The molecule has 0 fully saturated rings. The lowest BCUT2D eigenvalue weighted by molar-refractivity contribution is -0.391. The Morgan fingerprint density at radius 2 is 1.90 bits per heavy atom. The van der Waals surface area contributed by atoms with E-state index in [0.29, 0.717) is 5.82 Å². The minimum absolute atomic E-state index is 0.0520. The largest absolute Gasteiger partial charge is 0.358 e. The van der Waals surface area contributed by atoms with Crippen LogP contribution in [0.1, 0.15) is 22.5 Å². The van der Waals surface area contributed by atoms with Crippen LogP contribution in [-0.2, 0) is 7.05 Å². The quantitative estimate of drug-likeness (QED) is 0.489. The zero-order valence-electron chi connectivity index (χ0n) is 11.9. The van der Waals surface area contributed by atoms with Crippen molar-refractivity contribution in [1.82, 2.24) is 9.55 Å². The van der Waals surface area contributed by atoms with E-state index in [1.807, 2.05) is 20.8 Å². The van der Waals surface area contributed by atoms with Gasteiger partial charge in [-0.05, 0) is 36.8 Å². The Kier molecular flexibility index (Phi) is 3.65. The van der Waals surface area contributed by atoms with Crippen LogP contribution in [0.3, 0.4) is 0 Å². The molecule has 0 atom stereocenters. The lowest BCUT2D eigenvalue weighted by atomic mass is 10.1. The van der Waals surface area contributed by atoms with Crippen molar-refractivity contribution in [3.8, 4) is 0 Å². The highest BCUT2D eigenvalue weighted by Crippen LogP contribution is 2.25. The summed E-state index contributed by atoms with van der Waals surface area (Å²) < 4.78 is 1.41. The summed E-state index contributed by atoms with van der Waals surface area (Å²) in [6, 6.07) is 4.11. The first-order valence-electron chi connectivity index (χ1n) is 6.18. The van der Waals surface area contributed by atoms with Gasteiger partial charge in [0.05, 0.1) is 18.9 Å². The number of hydrogen-bond donors (Lipinski definition) is 0. The minimum atomic E-state index is -0.466. The van der Waals surface area contributed by atoms with E-state index in [-0.39, 0.29) is 5.82 Å². The summed E-state index contributed by atoms with van der Waals surface area (Å²) in [5.41, 5.74) is 4.21. The highest BCUT2D eigenvalue weighted by atomic mass is 16.6. The minimum Gasteiger partial charge on any atom is -0.358 e. The highest BCUT2D eigenvalue weighted by Gasteiger charge is 2.14. The van der Waals surface area contributed by atoms with Gasteiger partial charge in [-0.2, -0.15) is 0 Å². The second kappa shape index (κ2) is 5.24. The summed E-state index contributed by atoms with van der Waals surface area (Å²) in [4.78, 5) is 18.7. The molecular weight excluding hydrogens is 256 g/mol. The molecule has 0 amide bonds. The van der Waals surface area contributed by atoms with Gasteiger partial charge in [0.1, 0.15) is 6.20 Å². The smallest absolute Gasteiger partial charge is 0.342 e. The van der Waals surface area contributed by atoms with E-state index in [1.54, 1.807) is 13.3 Å². The number of aryl methyl sites for hydroxylation is 3. The molecule has 0 aliphatic carbocycles. The van der Waals surface area contributed by atoms with Crippen LogP contribution in [0.25, 0.3) is 0 Å². The molecule has 0 aliphatic heterocycles. The lowest BCUT2D eigenvalue weighted by Crippen LogP contribution is -2.01. The van der Waals surface area contributed by atoms with Gasteiger partial charge in [0.15, 0.2) is 0 Å². The number of aliphatic imine (C=N–C) groups is 1. The third-order valence-corrected chi connectivity index (χ3v) is 3.13. The summed E-state index contributed by atoms with van der Waals surface area (Å²) in [5, 5.41) is 10.8. The first-order valence-corrected chi connectivity index (χ1v) is 6.18. The van der Waals surface area contributed by atoms with Gasteiger partial charge in [-0.25, -0.2) is 9.55 Å². The third-order valence-electron chi connectivity index (χ3n) is 3.13. The van der Waals surface area contributed by atoms with Gasteiger partial charge in [-0.15, -0.1) is 0 Å². The molecule has 0 N–H and O–H groups in total. The van der Waals surface area contributed by atoms with Crippen molar-refractivity contribution in [1.29, 1.82) is 0 Å². The molecule has 1 heterocycles. The Hall–Kier alpha value is -2.50. The summed E-state index contributed by atoms with van der Waals surface area (Å²) in [6.07, 6.45) is 2.79. The molecule has 0 saturated carbocycles. The Morgan fingerprint density at radius 3 is 2.40 bits per heavy atom. The number of aromatic nitrogens is 2. The Bertz CT molecular complexity index is 678. The molecule has 2 aromatic rings. The number of nitrogens with zero attached hydrogens (tertiary/aromatic N) is 4. The second-order valence-corrected chi connectivity index (χ2v) is 4.80. The number of nitro groups is 1. The Morgan fingerprint density at radius 1 is 1.30 bits per heavy atom. The van der Waals surface area contributed by atoms with Crippen LogP contribution in [-0.4, -0.2) is 20.7 Å². The van der Waals surface area contributed by atoms with Crippen LogP contribution in [0, 0.1) is 30.9 Å². The molecule has 0 bridgehead atoms. The Labute approximate surface area is 117 Å². The summed E-state index contributed by atoms with van der Waals surface area (Å²) in [6.45, 7) is 6.02. The number of hydrogen-bond acceptors (Lipinski definition) is 4. The molecule has 104 valence electrons. The molecule has 6 nitrogen and oxygen atoms in total. The molecule has 0 aliphatic rings. The first kappa shape index (κ1) is 13.9. The lowest BCUT2D eigenvalue weighted by Gasteiger charge is -2.05. The molecule has 0 spiro atoms. The van der Waals surface area contributed by atoms with E-state index in [2.05, 4.69) is 22.1 Å². The van der Waals surface area contributed by atoms with Crippen LogP contribution in [0.2, 0.25) is 0 Å². The average molecular weight is 272 g/mol. The second-order valence-electron chi connectivity index (χ2n) is 4.80. The zero-order valence-corrected chi connectivity index (χ0v) is 11.9. The fourth-order valence-electron chi connectivity index (χ4n) is 2.20. The van der Waals surface area contributed by atoms with Crippen LogP contribution in [0.15, 0.2) is 23.3 Å². The van der Waals surface area contributed by atoms with Gasteiger partial charge >= 0.3 is 5.82 Å². The van der Waals surface area contributed by atoms with Crippen LogP contribution >= 0.6 is 0 Å². The van der Waals surface area contributed by atoms with Crippen molar-refractivity contribution < 1.29 is 4.92 Å². The molecule has 0 unspecified atom stereocenters. The van der Waals surface area contributed by atoms with Gasteiger partial charge in [-0.1, -0.05) is 17.7 Å². The normalized spacial score (nSPS) is 11.2. The van der Waals surface area contributed by atoms with E-state index < -0.39 is 4.92 Å². The predicted molar refractivity (Wildman–Crippen MR) is 77.8 cm³/mol. The van der Waals surface area contributed by atoms with Gasteiger partial charge < -0.3 is 10.1 Å². The van der Waals surface area contributed by atoms with Crippen molar-refractivity contribution in [2.45, 2.75) is 20.8 Å². The monoisotopic (exact) mass is 272 g/mol. The molecule has 1 aromatic heterocycles. The molecule has 0 saturated heterocycles. The molecule has 6 heteroatoms. The number of benzene rings is 1. The van der Waals surface area contributed by atoms with Gasteiger partial charge in [0.25, 0.3) is 0 Å². The maximum absolute atomic E-state index is 10.8. The molecular formula is C14H16N4O2. The summed E-state index contributed by atoms with van der Waals surface area (Å²) in [7, 11) is 1.60. The maximum atomic E-state index is 10.8. The van der Waals surface area contributed by atoms with Crippen molar-refractivity contribution >= 4 is 17.7 Å². The Balaban J connectivity index is 2.38. The van der Waals surface area contributed by atoms with Crippen molar-refractivity contribution in [2.75, 3.05) is 0 Å². The van der Waals surface area contributed by atoms with E-state index >= 15 is 0 Å². The fraction of sp³-hybridized carbons (Fsp3) is 0.286. The highest BCUT2D eigenvalue weighted by molar-refractivity contribution is 5.79. The van der Waals surface area contributed by atoms with E-state index in [4.69, 9.17) is 0 Å². The van der Waals surface area contributed by atoms with Crippen LogP contribution < -0.4 is 0 Å². The van der Waals surface area contributed by atoms with E-state index in [9.17, 15) is 10.1 Å². The predicted octanol–water partition coefficient (Wildman–Crippen LogP) is 3.00. The molecule has 20 heavy (non-hydrogen) atoms. The number of imidazole rings is 1. The van der Waals surface area contributed by atoms with E-state index in [1.165, 1.54) is 16.3 Å². The van der Waals surface area contributed by atoms with Gasteiger partial charge in [0.2, 0.25) is 5.82 Å². The van der Waals surface area contributed by atoms with Crippen molar-refractivity contribution in [3.63, 3.8) is 0 Å². The molecule has 1 aromatic carbocycles. The summed E-state index contributed by atoms with van der Waals surface area (Å²) >= 11 is 0. The standard InChI is InChI=1S/C14H16N4O2/c1-9-5-10(2)14(11(3)6-9)16-7-12-15-8-13(17(12)4)18(19)20/h5-8H,1-4H3. The van der Waals surface area contributed by atoms with E-state index in [0.717, 1.165) is 16.8 Å². The maximum Gasteiger partial charge on any atom is 0.342 e. The zero-order chi connectivity index (χ0) is 14.9.